The molecule has 0 N–H and O–H groups in total. The summed E-state index contributed by atoms with van der Waals surface area (Å²) in [6, 6.07) is 0. The molecule has 0 fully saturated rings. The molecule has 0 spiro atoms. The van der Waals surface area contributed by atoms with E-state index in [9.17, 15) is 0 Å². The molecule has 0 saturated heterocycles. The molecule has 0 saturated carbocycles. The van der Waals surface area contributed by atoms with Crippen LogP contribution in [0.25, 0.3) is 0 Å². The van der Waals surface area contributed by atoms with E-state index in [4.69, 9.17) is 6.64 Å². The van der Waals surface area contributed by atoms with Crippen LogP contribution < -0.4 is 0 Å². The van der Waals surface area contributed by atoms with Gasteiger partial charge in [-0.15, -0.1) is 0 Å². The summed E-state index contributed by atoms with van der Waals surface area (Å²) in [6.07, 6.45) is 2.90. The van der Waals surface area contributed by atoms with E-state index < -0.39 is 18.6 Å². The van der Waals surface area contributed by atoms with Gasteiger partial charge >= 0.3 is 63.3 Å². The summed E-state index contributed by atoms with van der Waals surface area (Å²) in [6.45, 7) is 3.62. The van der Waals surface area contributed by atoms with Gasteiger partial charge in [-0.2, -0.15) is 0 Å². The van der Waals surface area contributed by atoms with Gasteiger partial charge in [-0.1, -0.05) is 0 Å². The molecule has 0 aromatic carbocycles. The summed E-state index contributed by atoms with van der Waals surface area (Å²) >= 11 is -1.52. The summed E-state index contributed by atoms with van der Waals surface area (Å²) in [4.78, 5) is 0. The van der Waals surface area contributed by atoms with Gasteiger partial charge in [0.15, 0.2) is 0 Å². The quantitative estimate of drug-likeness (QED) is 0.456. The molecule has 0 aliphatic carbocycles. The fourth-order valence-electron chi connectivity index (χ4n) is 0.507. The van der Waals surface area contributed by atoms with Gasteiger partial charge in [0.2, 0.25) is 0 Å². The summed E-state index contributed by atoms with van der Waals surface area (Å²) in [5.41, 5.74) is 0. The molecule has 0 aliphatic rings. The van der Waals surface area contributed by atoms with E-state index in [1.165, 1.54) is 0 Å². The molecule has 0 atom stereocenters. The fourth-order valence-corrected chi connectivity index (χ4v) is 2.09. The minimum absolute atomic E-state index is 1.01. The summed E-state index contributed by atoms with van der Waals surface area (Å²) in [5, 5.41) is 0. The molecule has 0 rings (SSSR count). The predicted molar refractivity (Wildman–Crippen MR) is 33.6 cm³/mol. The van der Waals surface area contributed by atoms with Gasteiger partial charge in [0.25, 0.3) is 0 Å². The van der Waals surface area contributed by atoms with Gasteiger partial charge < -0.3 is 0 Å². The van der Waals surface area contributed by atoms with Crippen LogP contribution in [0.5, 0.6) is 0 Å². The Morgan fingerprint density at radius 3 is 2.33 bits per heavy atom. The molecule has 0 heterocycles. The molecule has 0 unspecified atom stereocenters. The SMILES string of the molecule is C=CC[CH2][Ti]([O]C)[O]C. The number of allylic oxidation sites excluding steroid dienone is 1. The molecule has 0 aromatic rings. The third-order valence-electron chi connectivity index (χ3n) is 1.01. The molecule has 0 amide bonds. The average Bonchev–Trinajstić information content (AvgIpc) is 1.91. The first-order chi connectivity index (χ1) is 4.35. The molecule has 53 valence electrons. The monoisotopic (exact) mass is 165 g/mol. The molecule has 0 bridgehead atoms. The third-order valence-corrected chi connectivity index (χ3v) is 3.52. The van der Waals surface area contributed by atoms with Crippen LogP contribution in [0.1, 0.15) is 6.42 Å². The zero-order valence-corrected chi connectivity index (χ0v) is 7.58. The molecule has 3 heteroatoms. The number of hydrogen-bond acceptors (Lipinski definition) is 2. The second-order valence-electron chi connectivity index (χ2n) is 1.61. The Bertz CT molecular complexity index is 71.5. The second kappa shape index (κ2) is 6.49. The molecule has 0 aromatic heterocycles. The summed E-state index contributed by atoms with van der Waals surface area (Å²) in [7, 11) is 3.42. The van der Waals surface area contributed by atoms with E-state index in [-0.39, 0.29) is 0 Å². The van der Waals surface area contributed by atoms with Crippen LogP contribution in [0.2, 0.25) is 4.73 Å². The molecular weight excluding hydrogens is 152 g/mol. The van der Waals surface area contributed by atoms with E-state index >= 15 is 0 Å². The van der Waals surface area contributed by atoms with Crippen LogP contribution in [0.15, 0.2) is 12.7 Å². The van der Waals surface area contributed by atoms with Gasteiger partial charge in [-0.05, 0) is 0 Å². The van der Waals surface area contributed by atoms with Gasteiger partial charge in [0.05, 0.1) is 0 Å². The van der Waals surface area contributed by atoms with E-state index in [1.54, 1.807) is 14.2 Å². The molecular formula is C6H13O2Ti. The first kappa shape index (κ1) is 9.37. The van der Waals surface area contributed by atoms with E-state index in [1.807, 2.05) is 6.08 Å². The van der Waals surface area contributed by atoms with E-state index in [0.717, 1.165) is 11.1 Å². The molecule has 2 nitrogen and oxygen atoms in total. The van der Waals surface area contributed by atoms with Crippen molar-refractivity contribution in [3.05, 3.63) is 12.7 Å². The van der Waals surface area contributed by atoms with Crippen molar-refractivity contribution in [3.63, 3.8) is 0 Å². The van der Waals surface area contributed by atoms with Crippen LogP contribution in [0.4, 0.5) is 0 Å². The van der Waals surface area contributed by atoms with E-state index in [2.05, 4.69) is 6.58 Å². The van der Waals surface area contributed by atoms with Crippen LogP contribution in [0, 0.1) is 0 Å². The molecule has 0 radical (unpaired) electrons. The van der Waals surface area contributed by atoms with Crippen LogP contribution in [-0.2, 0) is 25.3 Å². The zero-order chi connectivity index (χ0) is 7.11. The first-order valence-corrected chi connectivity index (χ1v) is 5.27. The summed E-state index contributed by atoms with van der Waals surface area (Å²) < 4.78 is 11.2. The Morgan fingerprint density at radius 1 is 1.44 bits per heavy atom. The van der Waals surface area contributed by atoms with Crippen molar-refractivity contribution in [2.24, 2.45) is 0 Å². The molecule has 9 heavy (non-hydrogen) atoms. The van der Waals surface area contributed by atoms with Gasteiger partial charge in [-0.3, -0.25) is 0 Å². The van der Waals surface area contributed by atoms with Crippen molar-refractivity contribution in [1.29, 1.82) is 0 Å². The minimum atomic E-state index is -1.52. The standard InChI is InChI=1S/C4H7.2CH3O.Ti/c1-3-4-2;2*1-2;/h3H,1-2,4H2;2*1H3;/q;2*-1;+2. The van der Waals surface area contributed by atoms with Gasteiger partial charge in [0, 0.05) is 0 Å². The Labute approximate surface area is 63.6 Å². The first-order valence-electron chi connectivity index (χ1n) is 2.89. The maximum atomic E-state index is 5.10. The van der Waals surface area contributed by atoms with Crippen molar-refractivity contribution >= 4 is 0 Å². The maximum absolute atomic E-state index is 5.10. The normalized spacial score (nSPS) is 9.11. The average molecular weight is 165 g/mol. The Kier molecular flexibility index (Phi) is 6.76. The summed E-state index contributed by atoms with van der Waals surface area (Å²) in [5.74, 6) is 0. The zero-order valence-electron chi connectivity index (χ0n) is 6.02. The Morgan fingerprint density at radius 2 is 2.00 bits per heavy atom. The molecule has 0 aliphatic heterocycles. The topological polar surface area (TPSA) is 18.5 Å². The van der Waals surface area contributed by atoms with Crippen LogP contribution in [-0.4, -0.2) is 14.2 Å². The van der Waals surface area contributed by atoms with Gasteiger partial charge in [0.1, 0.15) is 0 Å². The second-order valence-corrected chi connectivity index (χ2v) is 4.83. The Balaban J connectivity index is 3.19. The Hall–Kier alpha value is 0.374. The van der Waals surface area contributed by atoms with Crippen LogP contribution >= 0.6 is 0 Å². The predicted octanol–water partition coefficient (Wildman–Crippen LogP) is 1.72. The third kappa shape index (κ3) is 4.85. The van der Waals surface area contributed by atoms with Crippen molar-refractivity contribution in [3.8, 4) is 0 Å². The fraction of sp³-hybridized carbons (Fsp3) is 0.667. The van der Waals surface area contributed by atoms with Crippen LogP contribution in [0.3, 0.4) is 0 Å². The van der Waals surface area contributed by atoms with E-state index in [0.29, 0.717) is 0 Å². The number of rotatable bonds is 5. The van der Waals surface area contributed by atoms with Crippen molar-refractivity contribution < 1.29 is 25.3 Å². The van der Waals surface area contributed by atoms with Crippen molar-refractivity contribution in [2.75, 3.05) is 14.2 Å². The van der Waals surface area contributed by atoms with Crippen molar-refractivity contribution in [1.82, 2.24) is 0 Å². The number of hydrogen-bond donors (Lipinski definition) is 0. The van der Waals surface area contributed by atoms with Crippen molar-refractivity contribution in [2.45, 2.75) is 11.1 Å². The van der Waals surface area contributed by atoms with Gasteiger partial charge in [-0.25, -0.2) is 0 Å².